The van der Waals surface area contributed by atoms with Crippen molar-refractivity contribution in [2.75, 3.05) is 25.9 Å². The van der Waals surface area contributed by atoms with Crippen LogP contribution in [-0.4, -0.2) is 55.9 Å². The minimum atomic E-state index is -3.31. The van der Waals surface area contributed by atoms with Crippen molar-refractivity contribution in [1.82, 2.24) is 10.2 Å². The maximum Gasteiger partial charge on any atom is 0.241 e. The number of piperazine rings is 1. The molecular formula is C10H20N2O3S. The van der Waals surface area contributed by atoms with E-state index in [-0.39, 0.29) is 11.4 Å². The van der Waals surface area contributed by atoms with Crippen LogP contribution < -0.4 is 5.32 Å². The number of carbonyl (C=O) groups is 1. The molecule has 0 aromatic heterocycles. The molecule has 1 heterocycles. The van der Waals surface area contributed by atoms with E-state index in [1.54, 1.807) is 4.90 Å². The SMILES string of the molecule is CC(C(=O)N1CCNCC1(C)C)S(C)(=O)=O. The molecule has 0 aromatic rings. The van der Waals surface area contributed by atoms with Gasteiger partial charge in [0.1, 0.15) is 5.25 Å². The Morgan fingerprint density at radius 1 is 1.44 bits per heavy atom. The molecule has 6 heteroatoms. The van der Waals surface area contributed by atoms with Gasteiger partial charge in [-0.25, -0.2) is 8.42 Å². The fourth-order valence-corrected chi connectivity index (χ4v) is 2.29. The molecule has 16 heavy (non-hydrogen) atoms. The largest absolute Gasteiger partial charge is 0.334 e. The maximum absolute atomic E-state index is 12.1. The number of nitrogens with zero attached hydrogens (tertiary/aromatic N) is 1. The van der Waals surface area contributed by atoms with E-state index in [2.05, 4.69) is 5.32 Å². The minimum Gasteiger partial charge on any atom is -0.334 e. The van der Waals surface area contributed by atoms with Crippen molar-refractivity contribution in [3.8, 4) is 0 Å². The molecule has 1 N–H and O–H groups in total. The monoisotopic (exact) mass is 248 g/mol. The summed E-state index contributed by atoms with van der Waals surface area (Å²) in [6.45, 7) is 7.29. The van der Waals surface area contributed by atoms with Gasteiger partial charge in [-0.15, -0.1) is 0 Å². The molecule has 1 saturated heterocycles. The number of hydrogen-bond acceptors (Lipinski definition) is 4. The van der Waals surface area contributed by atoms with Gasteiger partial charge in [-0.2, -0.15) is 0 Å². The Morgan fingerprint density at radius 2 is 2.00 bits per heavy atom. The predicted octanol–water partition coefficient (Wildman–Crippen LogP) is -0.370. The zero-order valence-corrected chi connectivity index (χ0v) is 11.1. The van der Waals surface area contributed by atoms with E-state index in [9.17, 15) is 13.2 Å². The van der Waals surface area contributed by atoms with E-state index in [4.69, 9.17) is 0 Å². The van der Waals surface area contributed by atoms with Crippen molar-refractivity contribution < 1.29 is 13.2 Å². The third-order valence-electron chi connectivity index (χ3n) is 3.06. The summed E-state index contributed by atoms with van der Waals surface area (Å²) in [5, 5.41) is 2.24. The van der Waals surface area contributed by atoms with Crippen LogP contribution in [0.4, 0.5) is 0 Å². The molecule has 1 aliphatic heterocycles. The van der Waals surface area contributed by atoms with Gasteiger partial charge in [-0.05, 0) is 20.8 Å². The molecule has 94 valence electrons. The zero-order chi connectivity index (χ0) is 12.6. The van der Waals surface area contributed by atoms with E-state index in [1.807, 2.05) is 13.8 Å². The summed E-state index contributed by atoms with van der Waals surface area (Å²) in [5.41, 5.74) is -0.325. The van der Waals surface area contributed by atoms with Crippen LogP contribution in [0.25, 0.3) is 0 Å². The number of carbonyl (C=O) groups excluding carboxylic acids is 1. The smallest absolute Gasteiger partial charge is 0.241 e. The van der Waals surface area contributed by atoms with Gasteiger partial charge in [0, 0.05) is 31.4 Å². The molecule has 1 atom stereocenters. The van der Waals surface area contributed by atoms with Gasteiger partial charge in [-0.3, -0.25) is 4.79 Å². The molecule has 1 fully saturated rings. The summed E-state index contributed by atoms with van der Waals surface area (Å²) in [6, 6.07) is 0. The molecule has 1 aliphatic rings. The van der Waals surface area contributed by atoms with Crippen LogP contribution >= 0.6 is 0 Å². The Hall–Kier alpha value is -0.620. The third-order valence-corrected chi connectivity index (χ3v) is 4.54. The molecule has 1 unspecified atom stereocenters. The van der Waals surface area contributed by atoms with Gasteiger partial charge in [0.2, 0.25) is 5.91 Å². The number of nitrogens with one attached hydrogen (secondary N) is 1. The van der Waals surface area contributed by atoms with Crippen molar-refractivity contribution in [3.05, 3.63) is 0 Å². The van der Waals surface area contributed by atoms with Crippen molar-refractivity contribution in [2.45, 2.75) is 31.6 Å². The Bertz CT molecular complexity index is 376. The summed E-state index contributed by atoms with van der Waals surface area (Å²) in [4.78, 5) is 13.7. The zero-order valence-electron chi connectivity index (χ0n) is 10.3. The summed E-state index contributed by atoms with van der Waals surface area (Å²) >= 11 is 0. The van der Waals surface area contributed by atoms with E-state index < -0.39 is 15.1 Å². The second-order valence-corrected chi connectivity index (χ2v) is 7.32. The average molecular weight is 248 g/mol. The topological polar surface area (TPSA) is 66.5 Å². The second kappa shape index (κ2) is 4.33. The first-order chi connectivity index (χ1) is 7.16. The van der Waals surface area contributed by atoms with Crippen LogP contribution in [0.5, 0.6) is 0 Å². The van der Waals surface area contributed by atoms with Gasteiger partial charge < -0.3 is 10.2 Å². The molecule has 0 radical (unpaired) electrons. The Kier molecular flexibility index (Phi) is 3.64. The lowest BCUT2D eigenvalue weighted by molar-refractivity contribution is -0.136. The Labute approximate surface area is 97.1 Å². The molecule has 1 rings (SSSR count). The number of hydrogen-bond donors (Lipinski definition) is 1. The van der Waals surface area contributed by atoms with Crippen molar-refractivity contribution in [1.29, 1.82) is 0 Å². The van der Waals surface area contributed by atoms with Crippen LogP contribution in [0, 0.1) is 0 Å². The fraction of sp³-hybridized carbons (Fsp3) is 0.900. The van der Waals surface area contributed by atoms with E-state index in [0.717, 1.165) is 6.26 Å². The predicted molar refractivity (Wildman–Crippen MR) is 63.0 cm³/mol. The van der Waals surface area contributed by atoms with Gasteiger partial charge in [-0.1, -0.05) is 0 Å². The Morgan fingerprint density at radius 3 is 2.44 bits per heavy atom. The van der Waals surface area contributed by atoms with Crippen molar-refractivity contribution in [2.24, 2.45) is 0 Å². The van der Waals surface area contributed by atoms with Gasteiger partial charge >= 0.3 is 0 Å². The first-order valence-corrected chi connectivity index (χ1v) is 7.33. The fourth-order valence-electron chi connectivity index (χ4n) is 1.79. The molecular weight excluding hydrogens is 228 g/mol. The molecule has 1 amide bonds. The summed E-state index contributed by atoms with van der Waals surface area (Å²) in [7, 11) is -3.31. The highest BCUT2D eigenvalue weighted by atomic mass is 32.2. The van der Waals surface area contributed by atoms with Crippen molar-refractivity contribution >= 4 is 15.7 Å². The molecule has 0 bridgehead atoms. The van der Waals surface area contributed by atoms with Gasteiger partial charge in [0.05, 0.1) is 0 Å². The standard InChI is InChI=1S/C10H20N2O3S/c1-8(16(4,14)15)9(13)12-6-5-11-7-10(12,2)3/h8,11H,5-7H2,1-4H3. The van der Waals surface area contributed by atoms with Crippen LogP contribution in [0.15, 0.2) is 0 Å². The highest BCUT2D eigenvalue weighted by molar-refractivity contribution is 7.92. The minimum absolute atomic E-state index is 0.297. The normalized spacial score (nSPS) is 22.9. The lowest BCUT2D eigenvalue weighted by atomic mass is 10.00. The Balaban J connectivity index is 2.88. The van der Waals surface area contributed by atoms with E-state index >= 15 is 0 Å². The van der Waals surface area contributed by atoms with E-state index in [1.165, 1.54) is 6.92 Å². The van der Waals surface area contributed by atoms with Crippen LogP contribution in [-0.2, 0) is 14.6 Å². The highest BCUT2D eigenvalue weighted by Gasteiger charge is 2.37. The van der Waals surface area contributed by atoms with Crippen LogP contribution in [0.1, 0.15) is 20.8 Å². The molecule has 0 saturated carbocycles. The maximum atomic E-state index is 12.1. The summed E-state index contributed by atoms with van der Waals surface area (Å²) in [5.74, 6) is -0.297. The van der Waals surface area contributed by atoms with Crippen molar-refractivity contribution in [3.63, 3.8) is 0 Å². The molecule has 5 nitrogen and oxygen atoms in total. The summed E-state index contributed by atoms with van der Waals surface area (Å²) < 4.78 is 22.7. The van der Waals surface area contributed by atoms with E-state index in [0.29, 0.717) is 19.6 Å². The average Bonchev–Trinajstić information content (AvgIpc) is 2.13. The third kappa shape index (κ3) is 2.74. The van der Waals surface area contributed by atoms with Crippen LogP contribution in [0.2, 0.25) is 0 Å². The molecule has 0 spiro atoms. The molecule has 0 aromatic carbocycles. The first kappa shape index (κ1) is 13.4. The van der Waals surface area contributed by atoms with Gasteiger partial charge in [0.15, 0.2) is 9.84 Å². The van der Waals surface area contributed by atoms with Crippen LogP contribution in [0.3, 0.4) is 0 Å². The number of sulfone groups is 1. The highest BCUT2D eigenvalue weighted by Crippen LogP contribution is 2.19. The summed E-state index contributed by atoms with van der Waals surface area (Å²) in [6.07, 6.45) is 1.10. The lowest BCUT2D eigenvalue weighted by Crippen LogP contribution is -2.62. The van der Waals surface area contributed by atoms with Gasteiger partial charge in [0.25, 0.3) is 0 Å². The second-order valence-electron chi connectivity index (χ2n) is 4.95. The number of rotatable bonds is 2. The molecule has 0 aliphatic carbocycles. The quantitative estimate of drug-likeness (QED) is 0.724. The first-order valence-electron chi connectivity index (χ1n) is 5.37. The number of amides is 1. The lowest BCUT2D eigenvalue weighted by Gasteiger charge is -2.43.